The van der Waals surface area contributed by atoms with Crippen LogP contribution in [0.2, 0.25) is 0 Å². The molecule has 15 heavy (non-hydrogen) atoms. The lowest BCUT2D eigenvalue weighted by Crippen LogP contribution is -2.23. The molecule has 4 heteroatoms. The zero-order valence-electron chi connectivity index (χ0n) is 9.44. The van der Waals surface area contributed by atoms with Crippen LogP contribution in [0.5, 0.6) is 0 Å². The average molecular weight is 225 g/mol. The van der Waals surface area contributed by atoms with Crippen LogP contribution in [-0.2, 0) is 0 Å². The van der Waals surface area contributed by atoms with Crippen LogP contribution in [0.4, 0.5) is 0 Å². The standard InChI is InChI=1S/C11H19N3S/c1-3-5-14-11(4-6-15-2)10-7-12-9-13-8-10/h7-9,11,14H,3-6H2,1-2H3. The normalized spacial score (nSPS) is 12.7. The number of thioether (sulfide) groups is 1. The minimum Gasteiger partial charge on any atom is -0.310 e. The summed E-state index contributed by atoms with van der Waals surface area (Å²) in [6, 6.07) is 0.401. The first-order chi connectivity index (χ1) is 7.38. The highest BCUT2D eigenvalue weighted by Gasteiger charge is 2.09. The van der Waals surface area contributed by atoms with Gasteiger partial charge in [-0.05, 0) is 31.4 Å². The van der Waals surface area contributed by atoms with Crippen LogP contribution in [-0.4, -0.2) is 28.5 Å². The predicted molar refractivity (Wildman–Crippen MR) is 66.1 cm³/mol. The maximum atomic E-state index is 4.06. The molecule has 1 aromatic heterocycles. The predicted octanol–water partition coefficient (Wildman–Crippen LogP) is 2.27. The first-order valence-corrected chi connectivity index (χ1v) is 6.75. The van der Waals surface area contributed by atoms with E-state index < -0.39 is 0 Å². The lowest BCUT2D eigenvalue weighted by Gasteiger charge is -2.17. The van der Waals surface area contributed by atoms with Crippen LogP contribution < -0.4 is 5.32 Å². The lowest BCUT2D eigenvalue weighted by atomic mass is 10.1. The van der Waals surface area contributed by atoms with E-state index in [4.69, 9.17) is 0 Å². The van der Waals surface area contributed by atoms with Crippen molar-refractivity contribution in [2.24, 2.45) is 0 Å². The molecule has 1 rings (SSSR count). The quantitative estimate of drug-likeness (QED) is 0.772. The molecule has 0 spiro atoms. The minimum absolute atomic E-state index is 0.401. The van der Waals surface area contributed by atoms with E-state index in [-0.39, 0.29) is 0 Å². The lowest BCUT2D eigenvalue weighted by molar-refractivity contribution is 0.518. The summed E-state index contributed by atoms with van der Waals surface area (Å²) in [6.45, 7) is 3.23. The second kappa shape index (κ2) is 7.65. The number of hydrogen-bond donors (Lipinski definition) is 1. The highest BCUT2D eigenvalue weighted by molar-refractivity contribution is 7.98. The first-order valence-electron chi connectivity index (χ1n) is 5.35. The minimum atomic E-state index is 0.401. The molecule has 0 aliphatic heterocycles. The summed E-state index contributed by atoms with van der Waals surface area (Å²) in [5.74, 6) is 1.16. The van der Waals surface area contributed by atoms with E-state index in [1.165, 1.54) is 5.56 Å². The molecule has 0 saturated heterocycles. The summed E-state index contributed by atoms with van der Waals surface area (Å²) in [4.78, 5) is 8.13. The van der Waals surface area contributed by atoms with Crippen molar-refractivity contribution in [3.8, 4) is 0 Å². The second-order valence-corrected chi connectivity index (χ2v) is 4.45. The van der Waals surface area contributed by atoms with Crippen LogP contribution in [0.1, 0.15) is 31.4 Å². The monoisotopic (exact) mass is 225 g/mol. The summed E-state index contributed by atoms with van der Waals surface area (Å²) in [7, 11) is 0. The molecule has 0 aliphatic rings. The van der Waals surface area contributed by atoms with E-state index in [1.54, 1.807) is 6.33 Å². The van der Waals surface area contributed by atoms with Gasteiger partial charge < -0.3 is 5.32 Å². The Bertz CT molecular complexity index is 245. The zero-order chi connectivity index (χ0) is 10.9. The molecule has 1 atom stereocenters. The van der Waals surface area contributed by atoms with Gasteiger partial charge >= 0.3 is 0 Å². The Kier molecular flexibility index (Phi) is 6.36. The van der Waals surface area contributed by atoms with Gasteiger partial charge in [0, 0.05) is 24.0 Å². The van der Waals surface area contributed by atoms with E-state index >= 15 is 0 Å². The smallest absolute Gasteiger partial charge is 0.115 e. The molecule has 0 amide bonds. The Hall–Kier alpha value is -0.610. The number of nitrogens with one attached hydrogen (secondary N) is 1. The Balaban J connectivity index is 2.55. The van der Waals surface area contributed by atoms with Gasteiger partial charge in [-0.25, -0.2) is 9.97 Å². The molecule has 84 valence electrons. The van der Waals surface area contributed by atoms with Gasteiger partial charge in [-0.2, -0.15) is 11.8 Å². The maximum Gasteiger partial charge on any atom is 0.115 e. The highest BCUT2D eigenvalue weighted by Crippen LogP contribution is 2.16. The topological polar surface area (TPSA) is 37.8 Å². The van der Waals surface area contributed by atoms with Gasteiger partial charge in [0.15, 0.2) is 0 Å². The molecule has 0 fully saturated rings. The largest absolute Gasteiger partial charge is 0.310 e. The highest BCUT2D eigenvalue weighted by atomic mass is 32.2. The fourth-order valence-electron chi connectivity index (χ4n) is 1.43. The molecule has 1 unspecified atom stereocenters. The SMILES string of the molecule is CCCNC(CCSC)c1cncnc1. The van der Waals surface area contributed by atoms with Crippen LogP contribution in [0, 0.1) is 0 Å². The Morgan fingerprint density at radius 2 is 2.13 bits per heavy atom. The summed E-state index contributed by atoms with van der Waals surface area (Å²) in [5.41, 5.74) is 1.19. The number of rotatable bonds is 7. The van der Waals surface area contributed by atoms with Crippen LogP contribution >= 0.6 is 11.8 Å². The molecular formula is C11H19N3S. The van der Waals surface area contributed by atoms with Crippen LogP contribution in [0.3, 0.4) is 0 Å². The molecule has 0 radical (unpaired) electrons. The molecule has 1 N–H and O–H groups in total. The van der Waals surface area contributed by atoms with E-state index in [1.807, 2.05) is 24.2 Å². The van der Waals surface area contributed by atoms with E-state index in [2.05, 4.69) is 28.5 Å². The molecule has 1 aromatic rings. The van der Waals surface area contributed by atoms with Crippen molar-refractivity contribution in [2.45, 2.75) is 25.8 Å². The average Bonchev–Trinajstić information content (AvgIpc) is 2.30. The van der Waals surface area contributed by atoms with Gasteiger partial charge in [-0.1, -0.05) is 6.92 Å². The fourth-order valence-corrected chi connectivity index (χ4v) is 1.90. The van der Waals surface area contributed by atoms with Crippen molar-refractivity contribution in [1.29, 1.82) is 0 Å². The summed E-state index contributed by atoms with van der Waals surface area (Å²) in [5, 5.41) is 3.53. The van der Waals surface area contributed by atoms with Crippen molar-refractivity contribution in [1.82, 2.24) is 15.3 Å². The zero-order valence-corrected chi connectivity index (χ0v) is 10.3. The molecule has 0 aromatic carbocycles. The number of aromatic nitrogens is 2. The molecule has 0 bridgehead atoms. The number of hydrogen-bond acceptors (Lipinski definition) is 4. The van der Waals surface area contributed by atoms with E-state index in [0.717, 1.165) is 25.1 Å². The van der Waals surface area contributed by atoms with Crippen molar-refractivity contribution < 1.29 is 0 Å². The van der Waals surface area contributed by atoms with Crippen molar-refractivity contribution in [2.75, 3.05) is 18.6 Å². The van der Waals surface area contributed by atoms with Crippen LogP contribution in [0.15, 0.2) is 18.7 Å². The Labute approximate surface area is 96.1 Å². The second-order valence-electron chi connectivity index (χ2n) is 3.46. The Morgan fingerprint density at radius 3 is 2.73 bits per heavy atom. The van der Waals surface area contributed by atoms with Gasteiger partial charge in [0.1, 0.15) is 6.33 Å². The molecule has 0 aliphatic carbocycles. The van der Waals surface area contributed by atoms with E-state index in [9.17, 15) is 0 Å². The van der Waals surface area contributed by atoms with Crippen LogP contribution in [0.25, 0.3) is 0 Å². The van der Waals surface area contributed by atoms with Crippen molar-refractivity contribution in [3.05, 3.63) is 24.3 Å². The summed E-state index contributed by atoms with van der Waals surface area (Å²) in [6.07, 6.45) is 9.81. The van der Waals surface area contributed by atoms with E-state index in [0.29, 0.717) is 6.04 Å². The molecular weight excluding hydrogens is 206 g/mol. The summed E-state index contributed by atoms with van der Waals surface area (Å²) >= 11 is 1.88. The Morgan fingerprint density at radius 1 is 1.40 bits per heavy atom. The molecule has 3 nitrogen and oxygen atoms in total. The van der Waals surface area contributed by atoms with Crippen molar-refractivity contribution >= 4 is 11.8 Å². The fraction of sp³-hybridized carbons (Fsp3) is 0.636. The van der Waals surface area contributed by atoms with Gasteiger partial charge in [-0.3, -0.25) is 0 Å². The third kappa shape index (κ3) is 4.62. The van der Waals surface area contributed by atoms with Gasteiger partial charge in [-0.15, -0.1) is 0 Å². The van der Waals surface area contributed by atoms with Crippen molar-refractivity contribution in [3.63, 3.8) is 0 Å². The third-order valence-corrected chi connectivity index (χ3v) is 2.88. The van der Waals surface area contributed by atoms with Gasteiger partial charge in [0.25, 0.3) is 0 Å². The van der Waals surface area contributed by atoms with Gasteiger partial charge in [0.05, 0.1) is 0 Å². The molecule has 1 heterocycles. The van der Waals surface area contributed by atoms with Gasteiger partial charge in [0.2, 0.25) is 0 Å². The number of nitrogens with zero attached hydrogens (tertiary/aromatic N) is 2. The first kappa shape index (κ1) is 12.5. The third-order valence-electron chi connectivity index (χ3n) is 2.23. The maximum absolute atomic E-state index is 4.06. The summed E-state index contributed by atoms with van der Waals surface area (Å²) < 4.78 is 0. The molecule has 0 saturated carbocycles.